The van der Waals surface area contributed by atoms with Crippen LogP contribution in [0.15, 0.2) is 30.6 Å². The largest absolute Gasteiger partial charge is 0.493 e. The van der Waals surface area contributed by atoms with Crippen molar-refractivity contribution in [1.29, 1.82) is 0 Å². The molecule has 0 radical (unpaired) electrons. The van der Waals surface area contributed by atoms with Crippen LogP contribution in [0, 0.1) is 0 Å². The van der Waals surface area contributed by atoms with Crippen molar-refractivity contribution in [1.82, 2.24) is 9.97 Å². The van der Waals surface area contributed by atoms with Gasteiger partial charge >= 0.3 is 5.97 Å². The zero-order valence-electron chi connectivity index (χ0n) is 17.8. The summed E-state index contributed by atoms with van der Waals surface area (Å²) in [6.07, 6.45) is 5.38. The van der Waals surface area contributed by atoms with Crippen LogP contribution in [0.3, 0.4) is 0 Å². The van der Waals surface area contributed by atoms with Crippen LogP contribution in [0.1, 0.15) is 28.8 Å². The molecule has 1 saturated heterocycles. The number of fused-ring (bicyclic) bond motifs is 2. The van der Waals surface area contributed by atoms with Gasteiger partial charge in [-0.1, -0.05) is 0 Å². The zero-order valence-corrected chi connectivity index (χ0v) is 18.6. The van der Waals surface area contributed by atoms with Crippen molar-refractivity contribution < 1.29 is 24.1 Å². The van der Waals surface area contributed by atoms with Gasteiger partial charge in [-0.15, -0.1) is 12.4 Å². The summed E-state index contributed by atoms with van der Waals surface area (Å²) in [4.78, 5) is 23.7. The van der Waals surface area contributed by atoms with Crippen molar-refractivity contribution in [2.75, 3.05) is 32.3 Å². The summed E-state index contributed by atoms with van der Waals surface area (Å²) in [6, 6.07) is 5.75. The Kier molecular flexibility index (Phi) is 6.08. The first-order valence-corrected chi connectivity index (χ1v) is 10.2. The number of carbonyl (C=O) groups excluding carboxylic acids is 1. The molecule has 8 nitrogen and oxygen atoms in total. The van der Waals surface area contributed by atoms with Crippen LogP contribution in [-0.4, -0.2) is 54.5 Å². The second kappa shape index (κ2) is 8.80. The molecular weight excluding hydrogens is 434 g/mol. The fraction of sp³-hybridized carbons (Fsp3) is 0.348. The molecule has 0 aliphatic carbocycles. The Morgan fingerprint density at radius 2 is 1.84 bits per heavy atom. The summed E-state index contributed by atoms with van der Waals surface area (Å²) in [6.45, 7) is 1.13. The number of cyclic esters (lactones) is 1. The highest BCUT2D eigenvalue weighted by molar-refractivity contribution is 6.11. The van der Waals surface area contributed by atoms with E-state index in [9.17, 15) is 9.90 Å². The van der Waals surface area contributed by atoms with Crippen LogP contribution in [0.4, 0.5) is 5.95 Å². The lowest BCUT2D eigenvalue weighted by Gasteiger charge is -2.23. The molecule has 32 heavy (non-hydrogen) atoms. The fourth-order valence-electron chi connectivity index (χ4n) is 4.54. The summed E-state index contributed by atoms with van der Waals surface area (Å²) < 4.78 is 16.3. The molecule has 1 fully saturated rings. The zero-order chi connectivity index (χ0) is 21.5. The van der Waals surface area contributed by atoms with Gasteiger partial charge in [0.15, 0.2) is 11.5 Å². The van der Waals surface area contributed by atoms with Gasteiger partial charge in [-0.25, -0.2) is 14.8 Å². The maximum absolute atomic E-state index is 12.6. The topological polar surface area (TPSA) is 94.0 Å². The van der Waals surface area contributed by atoms with Crippen molar-refractivity contribution in [2.24, 2.45) is 0 Å². The molecule has 1 aromatic heterocycles. The van der Waals surface area contributed by atoms with E-state index >= 15 is 0 Å². The van der Waals surface area contributed by atoms with E-state index in [4.69, 9.17) is 14.2 Å². The third-order valence-electron chi connectivity index (χ3n) is 6.06. The number of esters is 1. The van der Waals surface area contributed by atoms with E-state index in [1.54, 1.807) is 26.6 Å². The number of aromatic nitrogens is 2. The van der Waals surface area contributed by atoms with Gasteiger partial charge in [-0.3, -0.25) is 0 Å². The van der Waals surface area contributed by atoms with E-state index in [1.807, 2.05) is 23.1 Å². The van der Waals surface area contributed by atoms with Gasteiger partial charge in [0, 0.05) is 35.6 Å². The number of halogens is 1. The van der Waals surface area contributed by atoms with E-state index in [-0.39, 0.29) is 37.6 Å². The van der Waals surface area contributed by atoms with Crippen LogP contribution >= 0.6 is 12.4 Å². The third-order valence-corrected chi connectivity index (χ3v) is 6.06. The molecule has 5 rings (SSSR count). The van der Waals surface area contributed by atoms with Gasteiger partial charge in [-0.2, -0.15) is 0 Å². The lowest BCUT2D eigenvalue weighted by atomic mass is 9.91. The van der Waals surface area contributed by atoms with Crippen LogP contribution < -0.4 is 14.4 Å². The normalized spacial score (nSPS) is 17.2. The Balaban J connectivity index is 0.00000245. The molecule has 0 amide bonds. The van der Waals surface area contributed by atoms with Gasteiger partial charge in [0.05, 0.1) is 32.4 Å². The molecule has 2 aliphatic rings. The molecule has 168 valence electrons. The lowest BCUT2D eigenvalue weighted by molar-refractivity contribution is 0.0535. The molecule has 3 aromatic rings. The molecule has 9 heteroatoms. The highest BCUT2D eigenvalue weighted by Gasteiger charge is 2.30. The number of carbonyl (C=O) groups is 1. The maximum atomic E-state index is 12.6. The molecular formula is C23H24ClN3O5. The second-order valence-corrected chi connectivity index (χ2v) is 7.73. The summed E-state index contributed by atoms with van der Waals surface area (Å²) in [5.74, 6) is 1.41. The minimum atomic E-state index is -0.356. The third kappa shape index (κ3) is 3.49. The number of benzene rings is 2. The van der Waals surface area contributed by atoms with E-state index < -0.39 is 0 Å². The minimum absolute atomic E-state index is 0. The van der Waals surface area contributed by atoms with Crippen LogP contribution in [0.2, 0.25) is 0 Å². The Bertz CT molecular complexity index is 1170. The Labute approximate surface area is 191 Å². The van der Waals surface area contributed by atoms with Gasteiger partial charge < -0.3 is 24.2 Å². The van der Waals surface area contributed by atoms with E-state index in [0.717, 1.165) is 46.8 Å². The van der Waals surface area contributed by atoms with Gasteiger partial charge in [-0.05, 0) is 41.8 Å². The predicted octanol–water partition coefficient (Wildman–Crippen LogP) is 3.37. The molecule has 0 unspecified atom stereocenters. The Hall–Kier alpha value is -3.10. The van der Waals surface area contributed by atoms with Gasteiger partial charge in [0.1, 0.15) is 6.61 Å². The molecule has 2 aromatic carbocycles. The summed E-state index contributed by atoms with van der Waals surface area (Å²) >= 11 is 0. The van der Waals surface area contributed by atoms with Crippen LogP contribution in [0.5, 0.6) is 11.5 Å². The molecule has 1 atom stereocenters. The molecule has 0 saturated carbocycles. The Morgan fingerprint density at radius 1 is 1.12 bits per heavy atom. The van der Waals surface area contributed by atoms with Crippen molar-refractivity contribution in [3.8, 4) is 22.6 Å². The number of ether oxygens (including phenoxy) is 3. The quantitative estimate of drug-likeness (QED) is 0.583. The lowest BCUT2D eigenvalue weighted by Crippen LogP contribution is -2.33. The van der Waals surface area contributed by atoms with Crippen molar-refractivity contribution >= 4 is 35.1 Å². The number of aliphatic hydroxyl groups is 1. The van der Waals surface area contributed by atoms with Gasteiger partial charge in [0.2, 0.25) is 5.95 Å². The summed E-state index contributed by atoms with van der Waals surface area (Å²) in [5.41, 5.74) is 2.80. The van der Waals surface area contributed by atoms with Crippen LogP contribution in [-0.2, 0) is 11.3 Å². The van der Waals surface area contributed by atoms with Gasteiger partial charge in [0.25, 0.3) is 0 Å². The molecule has 1 N–H and O–H groups in total. The smallest absolute Gasteiger partial charge is 0.339 e. The van der Waals surface area contributed by atoms with Crippen molar-refractivity contribution in [3.05, 3.63) is 41.7 Å². The number of aliphatic hydroxyl groups excluding tert-OH is 1. The van der Waals surface area contributed by atoms with E-state index in [2.05, 4.69) is 9.97 Å². The Morgan fingerprint density at radius 3 is 2.53 bits per heavy atom. The average Bonchev–Trinajstić information content (AvgIpc) is 3.43. The molecule has 3 heterocycles. The van der Waals surface area contributed by atoms with Crippen LogP contribution in [0.25, 0.3) is 21.9 Å². The summed E-state index contributed by atoms with van der Waals surface area (Å²) in [7, 11) is 3.17. The number of methoxy groups -OCH3 is 2. The summed E-state index contributed by atoms with van der Waals surface area (Å²) in [5, 5.41) is 11.4. The SMILES string of the molecule is COc1cc2cc3c(c(-c4cnc(N5CCC[C@H]5CO)nc4)c2cc1OC)C(=O)OC3.Cl. The van der Waals surface area contributed by atoms with E-state index in [0.29, 0.717) is 23.0 Å². The highest BCUT2D eigenvalue weighted by atomic mass is 35.5. The monoisotopic (exact) mass is 457 g/mol. The molecule has 2 aliphatic heterocycles. The average molecular weight is 458 g/mol. The predicted molar refractivity (Wildman–Crippen MR) is 122 cm³/mol. The first-order chi connectivity index (χ1) is 15.1. The first kappa shape index (κ1) is 22.1. The number of nitrogens with zero attached hydrogens (tertiary/aromatic N) is 3. The van der Waals surface area contributed by atoms with Crippen molar-refractivity contribution in [2.45, 2.75) is 25.5 Å². The second-order valence-electron chi connectivity index (χ2n) is 7.73. The van der Waals surface area contributed by atoms with E-state index in [1.165, 1.54) is 0 Å². The standard InChI is InChI=1S/C23H23N3O5.ClH/c1-29-18-7-13-6-14-12-31-22(28)21(14)20(17(13)8-19(18)30-2)15-9-24-23(25-10-15)26-5-3-4-16(26)11-27;/h6-10,16,27H,3-5,11-12H2,1-2H3;1H/t16-;/m0./s1. The maximum Gasteiger partial charge on any atom is 0.339 e. The fourth-order valence-corrected chi connectivity index (χ4v) is 4.54. The molecule has 0 spiro atoms. The van der Waals surface area contributed by atoms with Crippen molar-refractivity contribution in [3.63, 3.8) is 0 Å². The highest BCUT2D eigenvalue weighted by Crippen LogP contribution is 2.42. The number of hydrogen-bond acceptors (Lipinski definition) is 8. The minimum Gasteiger partial charge on any atom is -0.493 e. The first-order valence-electron chi connectivity index (χ1n) is 10.2. The molecule has 0 bridgehead atoms. The number of hydrogen-bond donors (Lipinski definition) is 1. The number of anilines is 1. The number of rotatable bonds is 5.